The van der Waals surface area contributed by atoms with Crippen molar-refractivity contribution in [2.75, 3.05) is 32.8 Å². The average molecular weight is 353 g/mol. The molecule has 1 aliphatic heterocycles. The number of hydrogen-bond donors (Lipinski definition) is 4. The van der Waals surface area contributed by atoms with Crippen LogP contribution in [0.3, 0.4) is 0 Å². The van der Waals surface area contributed by atoms with Gasteiger partial charge >= 0.3 is 5.97 Å². The Hall–Kier alpha value is -1.48. The van der Waals surface area contributed by atoms with Crippen molar-refractivity contribution >= 4 is 18.4 Å². The number of nitrogens with one attached hydrogen (secondary N) is 1. The van der Waals surface area contributed by atoms with Gasteiger partial charge in [-0.05, 0) is 17.7 Å². The highest BCUT2D eigenvalue weighted by Crippen LogP contribution is 2.37. The van der Waals surface area contributed by atoms with E-state index in [-0.39, 0.29) is 18.0 Å². The Bertz CT molecular complexity index is 554. The number of benzene rings is 1. The lowest BCUT2D eigenvalue weighted by Crippen LogP contribution is -2.51. The third-order valence-electron chi connectivity index (χ3n) is 3.69. The number of halogens is 3. The molecule has 0 aromatic heterocycles. The van der Waals surface area contributed by atoms with E-state index in [0.717, 1.165) is 12.1 Å². The summed E-state index contributed by atoms with van der Waals surface area (Å²) >= 11 is 0. The number of aromatic carboxylic acids is 1. The lowest BCUT2D eigenvalue weighted by molar-refractivity contribution is -0.118. The first-order valence-corrected chi connectivity index (χ1v) is 6.86. The van der Waals surface area contributed by atoms with Crippen molar-refractivity contribution in [3.8, 4) is 5.75 Å². The number of aliphatic hydroxyl groups excluding tert-OH is 1. The summed E-state index contributed by atoms with van der Waals surface area (Å²) in [6.07, 6.45) is 0. The average Bonchev–Trinajstić information content (AvgIpc) is 2.50. The molecule has 0 radical (unpaired) electrons. The minimum absolute atomic E-state index is 0. The number of hydrogen-bond acceptors (Lipinski definition) is 5. The Labute approximate surface area is 138 Å². The Kier molecular flexibility index (Phi) is 6.69. The molecule has 0 saturated carbocycles. The summed E-state index contributed by atoms with van der Waals surface area (Å²) in [4.78, 5) is 12.6. The highest BCUT2D eigenvalue weighted by atomic mass is 35.5. The fourth-order valence-corrected chi connectivity index (χ4v) is 2.64. The Morgan fingerprint density at radius 3 is 2.48 bits per heavy atom. The molecule has 1 aromatic rings. The second-order valence-corrected chi connectivity index (χ2v) is 5.19. The fraction of sp³-hybridized carbons (Fsp3) is 0.500. The molecule has 1 heterocycles. The number of rotatable bonds is 5. The molecule has 9 heteroatoms. The molecule has 130 valence electrons. The number of phenols is 1. The lowest BCUT2D eigenvalue weighted by Gasteiger charge is -2.38. The highest BCUT2D eigenvalue weighted by molar-refractivity contribution is 5.91. The molecule has 1 aromatic carbocycles. The van der Waals surface area contributed by atoms with Crippen LogP contribution in [0.5, 0.6) is 5.75 Å². The van der Waals surface area contributed by atoms with Gasteiger partial charge in [0.2, 0.25) is 0 Å². The Morgan fingerprint density at radius 1 is 1.35 bits per heavy atom. The molecule has 0 unspecified atom stereocenters. The van der Waals surface area contributed by atoms with Gasteiger partial charge in [0.25, 0.3) is 5.92 Å². The van der Waals surface area contributed by atoms with Gasteiger partial charge in [-0.15, -0.1) is 12.4 Å². The molecule has 0 spiro atoms. The van der Waals surface area contributed by atoms with E-state index in [1.807, 2.05) is 0 Å². The maximum Gasteiger partial charge on any atom is 0.339 e. The summed E-state index contributed by atoms with van der Waals surface area (Å²) in [7, 11) is 0. The molecule has 1 fully saturated rings. The van der Waals surface area contributed by atoms with Crippen LogP contribution in [0, 0.1) is 0 Å². The van der Waals surface area contributed by atoms with E-state index in [0.29, 0.717) is 26.2 Å². The van der Waals surface area contributed by atoms with Crippen LogP contribution in [0.1, 0.15) is 22.0 Å². The van der Waals surface area contributed by atoms with Gasteiger partial charge in [0, 0.05) is 26.2 Å². The van der Waals surface area contributed by atoms with Gasteiger partial charge in [0.1, 0.15) is 24.0 Å². The number of nitrogens with zero attached hydrogens (tertiary/aromatic N) is 1. The predicted molar refractivity (Wildman–Crippen MR) is 81.5 cm³/mol. The summed E-state index contributed by atoms with van der Waals surface area (Å²) in [5, 5.41) is 30.6. The van der Waals surface area contributed by atoms with E-state index in [4.69, 9.17) is 10.2 Å². The van der Waals surface area contributed by atoms with Crippen molar-refractivity contribution in [2.45, 2.75) is 12.0 Å². The van der Waals surface area contributed by atoms with E-state index in [9.17, 15) is 18.7 Å². The lowest BCUT2D eigenvalue weighted by atomic mass is 9.96. The number of aromatic hydroxyl groups is 1. The zero-order chi connectivity index (χ0) is 16.3. The standard InChI is InChI=1S/C14H18F2N2O4.ClH/c15-14(16,8-19)12(18-5-3-17-4-6-18)9-1-2-11(20)10(7-9)13(21)22;/h1-2,7,12,17,19-20H,3-6,8H2,(H,21,22);1H/t12-;/m0./s1. The van der Waals surface area contributed by atoms with Crippen molar-refractivity contribution in [1.29, 1.82) is 0 Å². The van der Waals surface area contributed by atoms with E-state index >= 15 is 0 Å². The monoisotopic (exact) mass is 352 g/mol. The number of carbonyl (C=O) groups is 1. The molecule has 0 bridgehead atoms. The van der Waals surface area contributed by atoms with E-state index in [1.165, 1.54) is 11.0 Å². The Balaban J connectivity index is 0.00000264. The molecule has 6 nitrogen and oxygen atoms in total. The Morgan fingerprint density at radius 2 is 1.96 bits per heavy atom. The summed E-state index contributed by atoms with van der Waals surface area (Å²) in [5.74, 6) is -5.31. The first-order chi connectivity index (χ1) is 10.4. The number of carboxylic acid groups (broad SMARTS) is 1. The number of aliphatic hydroxyl groups is 1. The third-order valence-corrected chi connectivity index (χ3v) is 3.69. The molecule has 1 saturated heterocycles. The van der Waals surface area contributed by atoms with E-state index in [2.05, 4.69) is 5.32 Å². The molecule has 4 N–H and O–H groups in total. The maximum absolute atomic E-state index is 14.2. The zero-order valence-electron chi connectivity index (χ0n) is 12.2. The molecule has 2 rings (SSSR count). The van der Waals surface area contributed by atoms with Gasteiger partial charge in [-0.2, -0.15) is 0 Å². The maximum atomic E-state index is 14.2. The van der Waals surface area contributed by atoms with Crippen LogP contribution in [0.4, 0.5) is 8.78 Å². The molecule has 23 heavy (non-hydrogen) atoms. The minimum Gasteiger partial charge on any atom is -0.507 e. The van der Waals surface area contributed by atoms with Gasteiger partial charge in [0.15, 0.2) is 0 Å². The van der Waals surface area contributed by atoms with E-state index in [1.54, 1.807) is 0 Å². The molecule has 1 atom stereocenters. The molecular formula is C14H19ClF2N2O4. The summed E-state index contributed by atoms with van der Waals surface area (Å²) in [5.41, 5.74) is -0.387. The van der Waals surface area contributed by atoms with Crippen molar-refractivity contribution in [1.82, 2.24) is 10.2 Å². The molecular weight excluding hydrogens is 334 g/mol. The third kappa shape index (κ3) is 4.29. The van der Waals surface area contributed by atoms with Crippen LogP contribution in [0.15, 0.2) is 18.2 Å². The topological polar surface area (TPSA) is 93.0 Å². The van der Waals surface area contributed by atoms with Gasteiger partial charge in [0.05, 0.1) is 0 Å². The second-order valence-electron chi connectivity index (χ2n) is 5.19. The van der Waals surface area contributed by atoms with Crippen LogP contribution < -0.4 is 5.32 Å². The largest absolute Gasteiger partial charge is 0.507 e. The molecule has 0 amide bonds. The van der Waals surface area contributed by atoms with Crippen LogP contribution in [-0.2, 0) is 0 Å². The fourth-order valence-electron chi connectivity index (χ4n) is 2.64. The van der Waals surface area contributed by atoms with Gasteiger partial charge in [-0.3, -0.25) is 4.90 Å². The van der Waals surface area contributed by atoms with Crippen molar-refractivity contribution in [3.05, 3.63) is 29.3 Å². The van der Waals surface area contributed by atoms with Crippen molar-refractivity contribution in [3.63, 3.8) is 0 Å². The van der Waals surface area contributed by atoms with Crippen LogP contribution >= 0.6 is 12.4 Å². The summed E-state index contributed by atoms with van der Waals surface area (Å²) < 4.78 is 28.4. The molecule has 0 aliphatic carbocycles. The number of carboxylic acids is 1. The highest BCUT2D eigenvalue weighted by Gasteiger charge is 2.44. The quantitative estimate of drug-likeness (QED) is 0.634. The van der Waals surface area contributed by atoms with Crippen LogP contribution in [0.25, 0.3) is 0 Å². The van der Waals surface area contributed by atoms with Crippen molar-refractivity contribution in [2.24, 2.45) is 0 Å². The van der Waals surface area contributed by atoms with Crippen LogP contribution in [-0.4, -0.2) is 64.9 Å². The smallest absolute Gasteiger partial charge is 0.339 e. The van der Waals surface area contributed by atoms with Gasteiger partial charge < -0.3 is 20.6 Å². The van der Waals surface area contributed by atoms with Crippen LogP contribution in [0.2, 0.25) is 0 Å². The number of alkyl halides is 2. The zero-order valence-corrected chi connectivity index (χ0v) is 13.0. The second kappa shape index (κ2) is 7.87. The van der Waals surface area contributed by atoms with E-state index < -0.39 is 35.9 Å². The first kappa shape index (κ1) is 19.6. The van der Waals surface area contributed by atoms with Crippen molar-refractivity contribution < 1.29 is 28.9 Å². The first-order valence-electron chi connectivity index (χ1n) is 6.86. The van der Waals surface area contributed by atoms with Gasteiger partial charge in [-0.25, -0.2) is 13.6 Å². The number of piperazine rings is 1. The van der Waals surface area contributed by atoms with Gasteiger partial charge in [-0.1, -0.05) is 6.07 Å². The minimum atomic E-state index is -3.43. The SMILES string of the molecule is Cl.O=C(O)c1cc([C@H](N2CCNCC2)C(F)(F)CO)ccc1O. The summed E-state index contributed by atoms with van der Waals surface area (Å²) in [6.45, 7) is 0.418. The summed E-state index contributed by atoms with van der Waals surface area (Å²) in [6, 6.07) is 1.94. The predicted octanol–water partition coefficient (Wildman–Crippen LogP) is 1.09. The normalized spacial score (nSPS) is 17.3. The molecule has 1 aliphatic rings.